The lowest BCUT2D eigenvalue weighted by atomic mass is 10.1. The molecule has 53 heavy (non-hydrogen) atoms. The van der Waals surface area contributed by atoms with Gasteiger partial charge in [-0.1, -0.05) is 173 Å². The van der Waals surface area contributed by atoms with Gasteiger partial charge in [0.1, 0.15) is 13.2 Å². The molecule has 0 N–H and O–H groups in total. The molecular weight excluding hydrogens is 661 g/mol. The first-order valence-electron chi connectivity index (χ1n) is 22.5. The van der Waals surface area contributed by atoms with E-state index in [9.17, 15) is 14.4 Å². The monoisotopic (exact) mass is 745 g/mol. The van der Waals surface area contributed by atoms with Crippen molar-refractivity contribution in [2.75, 3.05) is 13.2 Å². The van der Waals surface area contributed by atoms with Crippen LogP contribution in [0.5, 0.6) is 0 Å². The Hall–Kier alpha value is -2.37. The van der Waals surface area contributed by atoms with Crippen molar-refractivity contribution in [1.29, 1.82) is 0 Å². The van der Waals surface area contributed by atoms with Gasteiger partial charge in [0.05, 0.1) is 0 Å². The maximum Gasteiger partial charge on any atom is 0.306 e. The maximum absolute atomic E-state index is 12.6. The highest BCUT2D eigenvalue weighted by Gasteiger charge is 2.19. The first kappa shape index (κ1) is 50.6. The van der Waals surface area contributed by atoms with Gasteiger partial charge in [0.2, 0.25) is 0 Å². The predicted molar refractivity (Wildman–Crippen MR) is 224 cm³/mol. The summed E-state index contributed by atoms with van der Waals surface area (Å²) in [5, 5.41) is 0. The third-order valence-electron chi connectivity index (χ3n) is 9.62. The van der Waals surface area contributed by atoms with E-state index in [1.54, 1.807) is 0 Å². The summed E-state index contributed by atoms with van der Waals surface area (Å²) in [7, 11) is 0. The summed E-state index contributed by atoms with van der Waals surface area (Å²) in [5.74, 6) is -0.905. The van der Waals surface area contributed by atoms with Crippen LogP contribution in [0.2, 0.25) is 0 Å². The molecule has 0 saturated carbocycles. The molecule has 0 aliphatic rings. The zero-order chi connectivity index (χ0) is 38.7. The second kappa shape index (κ2) is 42.4. The van der Waals surface area contributed by atoms with Crippen molar-refractivity contribution in [3.8, 4) is 0 Å². The van der Waals surface area contributed by atoms with Crippen LogP contribution in [0.25, 0.3) is 0 Å². The molecule has 0 amide bonds. The number of ether oxygens (including phenoxy) is 3. The molecule has 0 bridgehead atoms. The number of hydrogen-bond donors (Lipinski definition) is 0. The van der Waals surface area contributed by atoms with Crippen LogP contribution >= 0.6 is 0 Å². The SMILES string of the molecule is CCCC/C=C\CCCCCCCC(=O)OC(COC(=O)CCCCCCC)COC(=O)CCCCCCCCCCC/C=C\C/C=C\CCCCC. The van der Waals surface area contributed by atoms with Crippen molar-refractivity contribution in [3.05, 3.63) is 36.5 Å². The Kier molecular flexibility index (Phi) is 40.5. The van der Waals surface area contributed by atoms with Crippen molar-refractivity contribution in [1.82, 2.24) is 0 Å². The summed E-state index contributed by atoms with van der Waals surface area (Å²) in [4.78, 5) is 37.4. The van der Waals surface area contributed by atoms with E-state index in [1.165, 1.54) is 103 Å². The third kappa shape index (κ3) is 40.6. The van der Waals surface area contributed by atoms with Crippen molar-refractivity contribution >= 4 is 17.9 Å². The number of carbonyl (C=O) groups excluding carboxylic acids is 3. The summed E-state index contributed by atoms with van der Waals surface area (Å²) in [6.45, 7) is 6.47. The topological polar surface area (TPSA) is 78.9 Å². The van der Waals surface area contributed by atoms with E-state index in [2.05, 4.69) is 57.2 Å². The van der Waals surface area contributed by atoms with Crippen LogP contribution in [-0.4, -0.2) is 37.2 Å². The second-order valence-electron chi connectivity index (χ2n) is 15.0. The molecule has 0 aromatic carbocycles. The zero-order valence-corrected chi connectivity index (χ0v) is 35.0. The van der Waals surface area contributed by atoms with Crippen molar-refractivity contribution < 1.29 is 28.6 Å². The smallest absolute Gasteiger partial charge is 0.306 e. The minimum Gasteiger partial charge on any atom is -0.462 e. The summed E-state index contributed by atoms with van der Waals surface area (Å²) < 4.78 is 16.6. The Balaban J connectivity index is 4.17. The summed E-state index contributed by atoms with van der Waals surface area (Å²) >= 11 is 0. The van der Waals surface area contributed by atoms with Gasteiger partial charge >= 0.3 is 17.9 Å². The predicted octanol–water partition coefficient (Wildman–Crippen LogP) is 14.2. The molecule has 0 aliphatic carbocycles. The first-order valence-corrected chi connectivity index (χ1v) is 22.5. The molecule has 0 fully saturated rings. The van der Waals surface area contributed by atoms with Crippen molar-refractivity contribution in [2.24, 2.45) is 0 Å². The molecule has 0 radical (unpaired) electrons. The number of allylic oxidation sites excluding steroid dienone is 6. The maximum atomic E-state index is 12.6. The fourth-order valence-electron chi connectivity index (χ4n) is 6.16. The van der Waals surface area contributed by atoms with Gasteiger partial charge in [0.25, 0.3) is 0 Å². The lowest BCUT2D eigenvalue weighted by Crippen LogP contribution is -2.30. The molecule has 6 nitrogen and oxygen atoms in total. The van der Waals surface area contributed by atoms with Gasteiger partial charge in [-0.15, -0.1) is 0 Å². The highest BCUT2D eigenvalue weighted by Crippen LogP contribution is 2.14. The van der Waals surface area contributed by atoms with E-state index in [4.69, 9.17) is 14.2 Å². The molecule has 0 aromatic heterocycles. The van der Waals surface area contributed by atoms with E-state index >= 15 is 0 Å². The fourth-order valence-corrected chi connectivity index (χ4v) is 6.16. The van der Waals surface area contributed by atoms with Gasteiger partial charge < -0.3 is 14.2 Å². The first-order chi connectivity index (χ1) is 26.0. The Bertz CT molecular complexity index is 907. The quantitative estimate of drug-likeness (QED) is 0.0269. The summed E-state index contributed by atoms with van der Waals surface area (Å²) in [5.41, 5.74) is 0. The second-order valence-corrected chi connectivity index (χ2v) is 15.0. The zero-order valence-electron chi connectivity index (χ0n) is 35.0. The minimum atomic E-state index is -0.770. The molecule has 6 heteroatoms. The van der Waals surface area contributed by atoms with Gasteiger partial charge in [-0.3, -0.25) is 14.4 Å². The number of hydrogen-bond acceptors (Lipinski definition) is 6. The fraction of sp³-hybridized carbons (Fsp3) is 0.809. The highest BCUT2D eigenvalue weighted by molar-refractivity contribution is 5.71. The summed E-state index contributed by atoms with van der Waals surface area (Å²) in [6, 6.07) is 0. The Morgan fingerprint density at radius 3 is 1.15 bits per heavy atom. The minimum absolute atomic E-state index is 0.0772. The van der Waals surface area contributed by atoms with Gasteiger partial charge in [-0.25, -0.2) is 0 Å². The highest BCUT2D eigenvalue weighted by atomic mass is 16.6. The van der Waals surface area contributed by atoms with Gasteiger partial charge in [-0.05, 0) is 70.6 Å². The van der Waals surface area contributed by atoms with E-state index in [1.807, 2.05) is 0 Å². The number of unbranched alkanes of at least 4 members (excludes halogenated alkanes) is 23. The van der Waals surface area contributed by atoms with Gasteiger partial charge in [-0.2, -0.15) is 0 Å². The Labute approximate surface area is 327 Å². The van der Waals surface area contributed by atoms with Crippen LogP contribution in [0.1, 0.15) is 226 Å². The average molecular weight is 745 g/mol. The van der Waals surface area contributed by atoms with Gasteiger partial charge in [0, 0.05) is 19.3 Å². The molecule has 1 atom stereocenters. The Morgan fingerprint density at radius 2 is 0.698 bits per heavy atom. The van der Waals surface area contributed by atoms with Crippen LogP contribution in [0.4, 0.5) is 0 Å². The molecule has 0 aliphatic heterocycles. The largest absolute Gasteiger partial charge is 0.462 e. The molecule has 0 spiro atoms. The van der Waals surface area contributed by atoms with Crippen LogP contribution < -0.4 is 0 Å². The average Bonchev–Trinajstić information content (AvgIpc) is 3.15. The van der Waals surface area contributed by atoms with Crippen molar-refractivity contribution in [3.63, 3.8) is 0 Å². The molecule has 308 valence electrons. The normalized spacial score (nSPS) is 12.3. The lowest BCUT2D eigenvalue weighted by molar-refractivity contribution is -0.167. The van der Waals surface area contributed by atoms with Gasteiger partial charge in [0.15, 0.2) is 6.10 Å². The van der Waals surface area contributed by atoms with E-state index in [0.29, 0.717) is 19.3 Å². The summed E-state index contributed by atoms with van der Waals surface area (Å²) in [6.07, 6.45) is 47.3. The number of rotatable bonds is 40. The molecule has 0 heterocycles. The van der Waals surface area contributed by atoms with Crippen LogP contribution in [0, 0.1) is 0 Å². The Morgan fingerprint density at radius 1 is 0.377 bits per heavy atom. The van der Waals surface area contributed by atoms with E-state index in [0.717, 1.165) is 83.5 Å². The molecule has 0 saturated heterocycles. The molecular formula is C47H84O6. The van der Waals surface area contributed by atoms with Crippen LogP contribution in [0.15, 0.2) is 36.5 Å². The number of esters is 3. The molecule has 0 rings (SSSR count). The van der Waals surface area contributed by atoms with Crippen LogP contribution in [0.3, 0.4) is 0 Å². The third-order valence-corrected chi connectivity index (χ3v) is 9.62. The number of carbonyl (C=O) groups is 3. The molecule has 0 aromatic rings. The standard InChI is InChI=1S/C47H84O6/c1-4-7-10-13-15-17-19-20-21-22-23-24-25-26-28-29-31-34-37-40-46(49)52-43-44(42-51-45(48)39-36-33-12-9-6-3)53-47(50)41-38-35-32-30-27-18-16-14-11-8-5-2/h14-17,20-21,44H,4-13,18-19,22-43H2,1-3H3/b16-14-,17-15-,21-20-. The lowest BCUT2D eigenvalue weighted by Gasteiger charge is -2.18. The van der Waals surface area contributed by atoms with E-state index < -0.39 is 6.10 Å². The van der Waals surface area contributed by atoms with Crippen molar-refractivity contribution in [2.45, 2.75) is 232 Å². The molecule has 1 unspecified atom stereocenters. The van der Waals surface area contributed by atoms with Crippen LogP contribution in [-0.2, 0) is 28.6 Å². The van der Waals surface area contributed by atoms with E-state index in [-0.39, 0.29) is 31.1 Å².